The molecule has 2 N–H and O–H groups in total. The van der Waals surface area contributed by atoms with Crippen LogP contribution >= 0.6 is 11.8 Å². The summed E-state index contributed by atoms with van der Waals surface area (Å²) in [6, 6.07) is 2.08. The molecule has 24 heavy (non-hydrogen) atoms. The molecule has 2 aromatic heterocycles. The Kier molecular flexibility index (Phi) is 5.58. The highest BCUT2D eigenvalue weighted by molar-refractivity contribution is 8.00. The Labute approximate surface area is 146 Å². The predicted molar refractivity (Wildman–Crippen MR) is 95.0 cm³/mol. The maximum absolute atomic E-state index is 12.7. The molecule has 132 valence electrons. The van der Waals surface area contributed by atoms with Gasteiger partial charge in [0.25, 0.3) is 0 Å². The molecule has 8 heteroatoms. The van der Waals surface area contributed by atoms with Crippen molar-refractivity contribution in [2.75, 3.05) is 5.84 Å². The summed E-state index contributed by atoms with van der Waals surface area (Å²) in [4.78, 5) is 14.6. The second-order valence-electron chi connectivity index (χ2n) is 6.26. The van der Waals surface area contributed by atoms with Gasteiger partial charge in [0.05, 0.1) is 17.1 Å². The molecule has 0 radical (unpaired) electrons. The standard InChI is InChI=1S/C16H25N5O2S/c1-9(2)20(10(3)4)15(22)12(6)24-16-19-18-14(21(16)17)13-7-8-23-11(13)5/h7-10,12H,17H2,1-6H3. The minimum absolute atomic E-state index is 0.0639. The number of rotatable bonds is 6. The number of aryl methyl sites for hydroxylation is 1. The van der Waals surface area contributed by atoms with Crippen molar-refractivity contribution in [1.29, 1.82) is 0 Å². The summed E-state index contributed by atoms with van der Waals surface area (Å²) in [7, 11) is 0. The van der Waals surface area contributed by atoms with Crippen molar-refractivity contribution in [3.8, 4) is 11.4 Å². The molecule has 7 nitrogen and oxygen atoms in total. The van der Waals surface area contributed by atoms with E-state index in [1.807, 2.05) is 46.4 Å². The topological polar surface area (TPSA) is 90.2 Å². The molecular weight excluding hydrogens is 326 g/mol. The Hall–Kier alpha value is -1.96. The highest BCUT2D eigenvalue weighted by atomic mass is 32.2. The van der Waals surface area contributed by atoms with Gasteiger partial charge in [0.1, 0.15) is 5.76 Å². The van der Waals surface area contributed by atoms with Crippen molar-refractivity contribution >= 4 is 17.7 Å². The smallest absolute Gasteiger partial charge is 0.236 e. The van der Waals surface area contributed by atoms with E-state index in [0.29, 0.717) is 11.0 Å². The van der Waals surface area contributed by atoms with Crippen LogP contribution in [0.15, 0.2) is 21.9 Å². The molecule has 0 fully saturated rings. The Bertz CT molecular complexity index is 699. The molecule has 0 bridgehead atoms. The lowest BCUT2D eigenvalue weighted by molar-refractivity contribution is -0.133. The van der Waals surface area contributed by atoms with Gasteiger partial charge in [0.15, 0.2) is 5.82 Å². The number of hydrogen-bond donors (Lipinski definition) is 1. The lowest BCUT2D eigenvalue weighted by Crippen LogP contribution is -2.45. The van der Waals surface area contributed by atoms with Crippen LogP contribution in [0, 0.1) is 6.92 Å². The fraction of sp³-hybridized carbons (Fsp3) is 0.562. The van der Waals surface area contributed by atoms with Crippen LogP contribution in [0.3, 0.4) is 0 Å². The van der Waals surface area contributed by atoms with Crippen LogP contribution in [0.2, 0.25) is 0 Å². The molecule has 0 aliphatic rings. The fourth-order valence-corrected chi connectivity index (χ4v) is 3.51. The van der Waals surface area contributed by atoms with E-state index in [4.69, 9.17) is 10.3 Å². The first-order chi connectivity index (χ1) is 11.2. The summed E-state index contributed by atoms with van der Waals surface area (Å²) < 4.78 is 6.69. The van der Waals surface area contributed by atoms with Crippen LogP contribution < -0.4 is 5.84 Å². The van der Waals surface area contributed by atoms with Gasteiger partial charge >= 0.3 is 0 Å². The van der Waals surface area contributed by atoms with Crippen LogP contribution in [0.1, 0.15) is 40.4 Å². The highest BCUT2D eigenvalue weighted by Gasteiger charge is 2.27. The Morgan fingerprint density at radius 1 is 1.25 bits per heavy atom. The number of hydrogen-bond acceptors (Lipinski definition) is 6. The lowest BCUT2D eigenvalue weighted by Gasteiger charge is -2.32. The van der Waals surface area contributed by atoms with Gasteiger partial charge in [-0.15, -0.1) is 10.2 Å². The number of amides is 1. The van der Waals surface area contributed by atoms with Crippen LogP contribution in [-0.2, 0) is 4.79 Å². The van der Waals surface area contributed by atoms with Crippen molar-refractivity contribution in [3.05, 3.63) is 18.1 Å². The van der Waals surface area contributed by atoms with E-state index in [2.05, 4.69) is 10.2 Å². The third-order valence-electron chi connectivity index (χ3n) is 3.76. The summed E-state index contributed by atoms with van der Waals surface area (Å²) in [6.07, 6.45) is 1.58. The third kappa shape index (κ3) is 3.58. The highest BCUT2D eigenvalue weighted by Crippen LogP contribution is 2.28. The number of carbonyl (C=O) groups excluding carboxylic acids is 1. The van der Waals surface area contributed by atoms with Gasteiger partial charge in [-0.2, -0.15) is 0 Å². The molecule has 0 aliphatic carbocycles. The maximum Gasteiger partial charge on any atom is 0.236 e. The molecule has 1 unspecified atom stereocenters. The van der Waals surface area contributed by atoms with Crippen molar-refractivity contribution in [1.82, 2.24) is 19.8 Å². The lowest BCUT2D eigenvalue weighted by atomic mass is 10.2. The largest absolute Gasteiger partial charge is 0.469 e. The first-order valence-electron chi connectivity index (χ1n) is 7.97. The van der Waals surface area contributed by atoms with Crippen LogP contribution in [0.25, 0.3) is 11.4 Å². The van der Waals surface area contributed by atoms with E-state index in [0.717, 1.165) is 11.3 Å². The van der Waals surface area contributed by atoms with Gasteiger partial charge in [-0.1, -0.05) is 11.8 Å². The molecular formula is C16H25N5O2S. The quantitative estimate of drug-likeness (QED) is 0.636. The molecule has 0 spiro atoms. The van der Waals surface area contributed by atoms with Gasteiger partial charge in [0, 0.05) is 12.1 Å². The molecule has 0 aromatic carbocycles. The second-order valence-corrected chi connectivity index (χ2v) is 7.57. The third-order valence-corrected chi connectivity index (χ3v) is 4.81. The van der Waals surface area contributed by atoms with Crippen LogP contribution in [-0.4, -0.2) is 43.0 Å². The van der Waals surface area contributed by atoms with Gasteiger partial charge in [-0.3, -0.25) is 4.79 Å². The average molecular weight is 351 g/mol. The zero-order valence-electron chi connectivity index (χ0n) is 15.0. The zero-order chi connectivity index (χ0) is 18.0. The first kappa shape index (κ1) is 18.4. The number of aromatic nitrogens is 3. The number of nitrogens with two attached hydrogens (primary N) is 1. The Morgan fingerprint density at radius 2 is 1.88 bits per heavy atom. The van der Waals surface area contributed by atoms with Crippen LogP contribution in [0.4, 0.5) is 0 Å². The van der Waals surface area contributed by atoms with Crippen molar-refractivity contribution in [2.24, 2.45) is 0 Å². The molecule has 2 rings (SSSR count). The van der Waals surface area contributed by atoms with E-state index < -0.39 is 0 Å². The van der Waals surface area contributed by atoms with E-state index in [1.165, 1.54) is 16.4 Å². The number of furan rings is 1. The van der Waals surface area contributed by atoms with Crippen molar-refractivity contribution < 1.29 is 9.21 Å². The van der Waals surface area contributed by atoms with Crippen molar-refractivity contribution in [3.63, 3.8) is 0 Å². The maximum atomic E-state index is 12.7. The van der Waals surface area contributed by atoms with Gasteiger partial charge in [-0.05, 0) is 47.6 Å². The average Bonchev–Trinajstić information content (AvgIpc) is 3.05. The molecule has 2 aromatic rings. The van der Waals surface area contributed by atoms with E-state index in [-0.39, 0.29) is 23.2 Å². The van der Waals surface area contributed by atoms with Crippen LogP contribution in [0.5, 0.6) is 0 Å². The fourth-order valence-electron chi connectivity index (χ4n) is 2.68. The van der Waals surface area contributed by atoms with Gasteiger partial charge < -0.3 is 15.2 Å². The number of thioether (sulfide) groups is 1. The van der Waals surface area contributed by atoms with Crippen molar-refractivity contribution in [2.45, 2.75) is 64.0 Å². The van der Waals surface area contributed by atoms with E-state index >= 15 is 0 Å². The number of carbonyl (C=O) groups is 1. The summed E-state index contributed by atoms with van der Waals surface area (Å²) in [6.45, 7) is 11.8. The SMILES string of the molecule is Cc1occc1-c1nnc(SC(C)C(=O)N(C(C)C)C(C)C)n1N. The van der Waals surface area contributed by atoms with Gasteiger partial charge in [-0.25, -0.2) is 4.68 Å². The molecule has 0 saturated heterocycles. The Morgan fingerprint density at radius 3 is 2.38 bits per heavy atom. The minimum atomic E-state index is -0.306. The van der Waals surface area contributed by atoms with Gasteiger partial charge in [0.2, 0.25) is 11.1 Å². The monoisotopic (exact) mass is 351 g/mol. The molecule has 0 saturated carbocycles. The van der Waals surface area contributed by atoms with E-state index in [9.17, 15) is 4.79 Å². The second kappa shape index (κ2) is 7.29. The number of nitrogens with zero attached hydrogens (tertiary/aromatic N) is 4. The predicted octanol–water partition coefficient (Wildman–Crippen LogP) is 2.69. The molecule has 0 aliphatic heterocycles. The summed E-state index contributed by atoms with van der Waals surface area (Å²) in [5.41, 5.74) is 0.793. The minimum Gasteiger partial charge on any atom is -0.469 e. The number of nitrogen functional groups attached to an aromatic ring is 1. The van der Waals surface area contributed by atoms with E-state index in [1.54, 1.807) is 12.3 Å². The summed E-state index contributed by atoms with van der Waals surface area (Å²) in [5.74, 6) is 7.42. The molecule has 1 amide bonds. The first-order valence-corrected chi connectivity index (χ1v) is 8.85. The zero-order valence-corrected chi connectivity index (χ0v) is 15.8. The Balaban J connectivity index is 2.18. The summed E-state index contributed by atoms with van der Waals surface area (Å²) in [5, 5.41) is 8.44. The molecule has 1 atom stereocenters. The summed E-state index contributed by atoms with van der Waals surface area (Å²) >= 11 is 1.31. The molecule has 2 heterocycles. The normalized spacial score (nSPS) is 12.8.